The Bertz CT molecular complexity index is 984. The summed E-state index contributed by atoms with van der Waals surface area (Å²) in [6.45, 7) is 3.77. The van der Waals surface area contributed by atoms with Crippen LogP contribution in [0.2, 0.25) is 0 Å². The van der Waals surface area contributed by atoms with Gasteiger partial charge in [0, 0.05) is 5.69 Å². The van der Waals surface area contributed by atoms with E-state index in [1.807, 2.05) is 37.3 Å². The van der Waals surface area contributed by atoms with Gasteiger partial charge < -0.3 is 5.32 Å². The summed E-state index contributed by atoms with van der Waals surface area (Å²) in [6, 6.07) is 18.2. The average Bonchev–Trinajstić information content (AvgIpc) is 2.58. The van der Waals surface area contributed by atoms with Crippen LogP contribution >= 0.6 is 0 Å². The molecule has 2 N–H and O–H groups in total. The van der Waals surface area contributed by atoms with Gasteiger partial charge in [-0.05, 0) is 49.2 Å². The molecular formula is C19H19N3O2S. The molecule has 25 heavy (non-hydrogen) atoms. The molecule has 0 aliphatic carbocycles. The molecule has 0 amide bonds. The quantitative estimate of drug-likeness (QED) is 0.719. The van der Waals surface area contributed by atoms with Gasteiger partial charge in [0.05, 0.1) is 16.8 Å². The maximum atomic E-state index is 12.5. The van der Waals surface area contributed by atoms with Crippen molar-refractivity contribution >= 4 is 27.2 Å². The topological polar surface area (TPSA) is 71.1 Å². The van der Waals surface area contributed by atoms with Crippen molar-refractivity contribution in [3.05, 3.63) is 78.0 Å². The molecule has 0 radical (unpaired) electrons. The van der Waals surface area contributed by atoms with Gasteiger partial charge in [-0.25, -0.2) is 13.4 Å². The van der Waals surface area contributed by atoms with Crippen molar-refractivity contribution in [1.29, 1.82) is 0 Å². The number of benzene rings is 2. The van der Waals surface area contributed by atoms with Crippen LogP contribution in [-0.2, 0) is 10.0 Å². The minimum Gasteiger partial charge on any atom is -0.340 e. The highest BCUT2D eigenvalue weighted by Crippen LogP contribution is 2.22. The fourth-order valence-electron chi connectivity index (χ4n) is 2.45. The highest BCUT2D eigenvalue weighted by molar-refractivity contribution is 7.92. The lowest BCUT2D eigenvalue weighted by Gasteiger charge is -2.11. The zero-order chi connectivity index (χ0) is 17.9. The van der Waals surface area contributed by atoms with Crippen LogP contribution in [0.3, 0.4) is 0 Å². The van der Waals surface area contributed by atoms with E-state index in [0.717, 1.165) is 11.3 Å². The smallest absolute Gasteiger partial charge is 0.262 e. The second kappa shape index (κ2) is 6.94. The predicted octanol–water partition coefficient (Wildman–Crippen LogP) is 4.24. The Morgan fingerprint density at radius 2 is 1.52 bits per heavy atom. The molecule has 128 valence electrons. The Hall–Kier alpha value is -2.86. The number of pyridine rings is 1. The molecule has 3 rings (SSSR count). The van der Waals surface area contributed by atoms with Crippen molar-refractivity contribution in [2.75, 3.05) is 10.0 Å². The second-order valence-electron chi connectivity index (χ2n) is 5.74. The molecule has 0 saturated carbocycles. The van der Waals surface area contributed by atoms with Crippen LogP contribution < -0.4 is 10.0 Å². The summed E-state index contributed by atoms with van der Waals surface area (Å²) < 4.78 is 27.5. The molecule has 5 nitrogen and oxygen atoms in total. The molecule has 0 aliphatic rings. The van der Waals surface area contributed by atoms with E-state index in [9.17, 15) is 8.42 Å². The summed E-state index contributed by atoms with van der Waals surface area (Å²) in [5, 5.41) is 3.21. The minimum absolute atomic E-state index is 0.261. The molecule has 0 unspecified atom stereocenters. The second-order valence-corrected chi connectivity index (χ2v) is 7.39. The molecule has 0 atom stereocenters. The third kappa shape index (κ3) is 3.97. The van der Waals surface area contributed by atoms with Gasteiger partial charge in [0.1, 0.15) is 5.82 Å². The molecule has 1 heterocycles. The van der Waals surface area contributed by atoms with Gasteiger partial charge in [-0.2, -0.15) is 0 Å². The van der Waals surface area contributed by atoms with Crippen molar-refractivity contribution in [2.45, 2.75) is 18.7 Å². The first-order valence-corrected chi connectivity index (χ1v) is 9.31. The molecule has 0 bridgehead atoms. The molecule has 1 aromatic heterocycles. The first-order valence-electron chi connectivity index (χ1n) is 7.83. The zero-order valence-corrected chi connectivity index (χ0v) is 14.8. The molecule has 6 heteroatoms. The van der Waals surface area contributed by atoms with Crippen molar-refractivity contribution in [3.8, 4) is 0 Å². The van der Waals surface area contributed by atoms with Gasteiger partial charge in [-0.1, -0.05) is 36.4 Å². The number of hydrogen-bond donors (Lipinski definition) is 2. The molecule has 0 aliphatic heterocycles. The summed E-state index contributed by atoms with van der Waals surface area (Å²) in [6.07, 6.45) is 1.50. The lowest BCUT2D eigenvalue weighted by molar-refractivity contribution is 0.600. The van der Waals surface area contributed by atoms with E-state index >= 15 is 0 Å². The van der Waals surface area contributed by atoms with E-state index in [4.69, 9.17) is 0 Å². The Kier molecular flexibility index (Phi) is 4.72. The third-order valence-corrected chi connectivity index (χ3v) is 5.35. The summed E-state index contributed by atoms with van der Waals surface area (Å²) in [5.41, 5.74) is 3.18. The maximum absolute atomic E-state index is 12.5. The molecule has 0 spiro atoms. The van der Waals surface area contributed by atoms with Crippen LogP contribution in [0.15, 0.2) is 71.8 Å². The highest BCUT2D eigenvalue weighted by atomic mass is 32.2. The summed E-state index contributed by atoms with van der Waals surface area (Å²) in [4.78, 5) is 4.54. The minimum atomic E-state index is -3.63. The summed E-state index contributed by atoms with van der Waals surface area (Å²) in [5.74, 6) is 0.646. The molecule has 0 fully saturated rings. The molecule has 3 aromatic rings. The fourth-order valence-corrected chi connectivity index (χ4v) is 3.74. The van der Waals surface area contributed by atoms with E-state index in [0.29, 0.717) is 17.1 Å². The van der Waals surface area contributed by atoms with Crippen molar-refractivity contribution < 1.29 is 8.42 Å². The lowest BCUT2D eigenvalue weighted by atomic mass is 10.2. The summed E-state index contributed by atoms with van der Waals surface area (Å²) >= 11 is 0. The van der Waals surface area contributed by atoms with Crippen LogP contribution in [0, 0.1) is 13.8 Å². The number of nitrogens with one attached hydrogen (secondary N) is 2. The first kappa shape index (κ1) is 17.0. The van der Waals surface area contributed by atoms with Crippen molar-refractivity contribution in [3.63, 3.8) is 0 Å². The predicted molar refractivity (Wildman–Crippen MR) is 101 cm³/mol. The van der Waals surface area contributed by atoms with Gasteiger partial charge in [-0.3, -0.25) is 4.72 Å². The molecule has 2 aromatic carbocycles. The fraction of sp³-hybridized carbons (Fsp3) is 0.105. The highest BCUT2D eigenvalue weighted by Gasteiger charge is 2.16. The standard InChI is InChI=1S/C19H19N3O2S/c1-14-7-3-5-9-17(14)21-19-12-11-16(13-20-19)22-25(23,24)18-10-6-4-8-15(18)2/h3-13,22H,1-2H3,(H,20,21). The van der Waals surface area contributed by atoms with Gasteiger partial charge in [0.2, 0.25) is 0 Å². The first-order chi connectivity index (χ1) is 12.0. The van der Waals surface area contributed by atoms with E-state index < -0.39 is 10.0 Å². The molecular weight excluding hydrogens is 334 g/mol. The summed E-state index contributed by atoms with van der Waals surface area (Å²) in [7, 11) is -3.63. The van der Waals surface area contributed by atoms with E-state index in [1.54, 1.807) is 37.3 Å². The number of aryl methyl sites for hydroxylation is 2. The zero-order valence-electron chi connectivity index (χ0n) is 14.0. The van der Waals surface area contributed by atoms with E-state index in [-0.39, 0.29) is 4.90 Å². The lowest BCUT2D eigenvalue weighted by Crippen LogP contribution is -2.14. The van der Waals surface area contributed by atoms with Gasteiger partial charge >= 0.3 is 0 Å². The number of hydrogen-bond acceptors (Lipinski definition) is 4. The Labute approximate surface area is 147 Å². The normalized spacial score (nSPS) is 11.1. The third-order valence-electron chi connectivity index (χ3n) is 3.81. The number of sulfonamides is 1. The van der Waals surface area contributed by atoms with E-state index in [2.05, 4.69) is 15.0 Å². The van der Waals surface area contributed by atoms with Gasteiger partial charge in [0.15, 0.2) is 0 Å². The molecule has 0 saturated heterocycles. The number of nitrogens with zero attached hydrogens (tertiary/aromatic N) is 1. The SMILES string of the molecule is Cc1ccccc1Nc1ccc(NS(=O)(=O)c2ccccc2C)cn1. The van der Waals surface area contributed by atoms with Gasteiger partial charge in [-0.15, -0.1) is 0 Å². The van der Waals surface area contributed by atoms with Crippen LogP contribution in [0.1, 0.15) is 11.1 Å². The van der Waals surface area contributed by atoms with Crippen LogP contribution in [0.5, 0.6) is 0 Å². The van der Waals surface area contributed by atoms with Crippen molar-refractivity contribution in [2.24, 2.45) is 0 Å². The van der Waals surface area contributed by atoms with Gasteiger partial charge in [0.25, 0.3) is 10.0 Å². The Morgan fingerprint density at radius 1 is 0.840 bits per heavy atom. The number of anilines is 3. The van der Waals surface area contributed by atoms with Crippen molar-refractivity contribution in [1.82, 2.24) is 4.98 Å². The maximum Gasteiger partial charge on any atom is 0.262 e. The average molecular weight is 353 g/mol. The van der Waals surface area contributed by atoms with Crippen LogP contribution in [0.4, 0.5) is 17.2 Å². The monoisotopic (exact) mass is 353 g/mol. The Morgan fingerprint density at radius 3 is 2.16 bits per heavy atom. The number of rotatable bonds is 5. The largest absolute Gasteiger partial charge is 0.340 e. The Balaban J connectivity index is 1.77. The van der Waals surface area contributed by atoms with Crippen LogP contribution in [0.25, 0.3) is 0 Å². The van der Waals surface area contributed by atoms with E-state index in [1.165, 1.54) is 6.20 Å². The number of para-hydroxylation sites is 1. The number of aromatic nitrogens is 1. The van der Waals surface area contributed by atoms with Crippen LogP contribution in [-0.4, -0.2) is 13.4 Å².